The first-order valence-corrected chi connectivity index (χ1v) is 11.2. The molecule has 30 heavy (non-hydrogen) atoms. The van der Waals surface area contributed by atoms with Crippen LogP contribution in [0.5, 0.6) is 0 Å². The molecule has 0 radical (unpaired) electrons. The summed E-state index contributed by atoms with van der Waals surface area (Å²) in [4.78, 5) is 22.7. The van der Waals surface area contributed by atoms with Gasteiger partial charge in [-0.3, -0.25) is 14.3 Å². The molecule has 0 aliphatic carbocycles. The number of aromatic nitrogens is 3. The third-order valence-electron chi connectivity index (χ3n) is 5.13. The lowest BCUT2D eigenvalue weighted by atomic mass is 10.0. The minimum atomic E-state index is -1.25. The van der Waals surface area contributed by atoms with Crippen molar-refractivity contribution in [2.75, 3.05) is 0 Å². The Morgan fingerprint density at radius 3 is 2.40 bits per heavy atom. The van der Waals surface area contributed by atoms with Crippen molar-refractivity contribution in [3.05, 3.63) is 57.1 Å². The highest BCUT2D eigenvalue weighted by Crippen LogP contribution is 2.28. The highest BCUT2D eigenvalue weighted by molar-refractivity contribution is 7.90. The van der Waals surface area contributed by atoms with E-state index in [2.05, 4.69) is 9.71 Å². The van der Waals surface area contributed by atoms with Gasteiger partial charge < -0.3 is 4.55 Å². The number of hydrogen-bond donors (Lipinski definition) is 1. The van der Waals surface area contributed by atoms with E-state index in [1.165, 1.54) is 0 Å². The maximum absolute atomic E-state index is 13.2. The lowest BCUT2D eigenvalue weighted by molar-refractivity contribution is 0.531. The Balaban J connectivity index is 2.24. The van der Waals surface area contributed by atoms with Crippen LogP contribution in [0.15, 0.2) is 29.1 Å². The fraction of sp³-hybridized carbons (Fsp3) is 0.435. The standard InChI is InChI=1S/C23H30N4O2S/c1-13-11-18(16(4)26-30(29)23(5,6)7)20-19(12-13)22(28)27(8)21(25-20)17-10-9-14(2)24-15(17)3/h9-12,16,26H,1-8H3/t16-,30-/m1/s1. The molecule has 0 saturated heterocycles. The quantitative estimate of drug-likeness (QED) is 0.637. The molecule has 2 aromatic heterocycles. The van der Waals surface area contributed by atoms with Gasteiger partial charge in [0.05, 0.1) is 16.9 Å². The van der Waals surface area contributed by atoms with E-state index in [-0.39, 0.29) is 11.6 Å². The Hall–Kier alpha value is -2.22. The zero-order valence-electron chi connectivity index (χ0n) is 19.0. The fourth-order valence-corrected chi connectivity index (χ4v) is 4.25. The molecule has 0 aliphatic rings. The molecule has 0 amide bonds. The van der Waals surface area contributed by atoms with Gasteiger partial charge in [-0.15, -0.1) is 4.72 Å². The Labute approximate surface area is 181 Å². The lowest BCUT2D eigenvalue weighted by Gasteiger charge is -2.27. The maximum Gasteiger partial charge on any atom is 0.261 e. The van der Waals surface area contributed by atoms with Crippen molar-refractivity contribution in [2.45, 2.75) is 59.3 Å². The van der Waals surface area contributed by atoms with E-state index in [4.69, 9.17) is 4.98 Å². The van der Waals surface area contributed by atoms with Gasteiger partial charge in [-0.2, -0.15) is 0 Å². The summed E-state index contributed by atoms with van der Waals surface area (Å²) in [6.45, 7) is 13.6. The number of nitrogens with one attached hydrogen (secondary N) is 1. The predicted molar refractivity (Wildman–Crippen MR) is 124 cm³/mol. The van der Waals surface area contributed by atoms with E-state index in [0.29, 0.717) is 16.7 Å². The van der Waals surface area contributed by atoms with Gasteiger partial charge in [0, 0.05) is 40.9 Å². The number of hydrogen-bond acceptors (Lipinski definition) is 5. The highest BCUT2D eigenvalue weighted by Gasteiger charge is 2.29. The summed E-state index contributed by atoms with van der Waals surface area (Å²) in [6, 6.07) is 7.51. The first-order chi connectivity index (χ1) is 13.9. The van der Waals surface area contributed by atoms with Crippen LogP contribution in [0.4, 0.5) is 0 Å². The van der Waals surface area contributed by atoms with Crippen molar-refractivity contribution in [3.8, 4) is 11.4 Å². The molecular formula is C23H30N4O2S. The van der Waals surface area contributed by atoms with Gasteiger partial charge in [0.1, 0.15) is 10.6 Å². The van der Waals surface area contributed by atoms with Crippen molar-refractivity contribution in [3.63, 3.8) is 0 Å². The SMILES string of the molecule is Cc1cc([C@@H](C)N[S@+]([O-])C(C)(C)C)c2nc(-c3ccc(C)nc3C)n(C)c(=O)c2c1. The number of pyridine rings is 1. The molecule has 0 spiro atoms. The number of rotatable bonds is 4. The molecule has 1 N–H and O–H groups in total. The van der Waals surface area contributed by atoms with Crippen LogP contribution in [0.2, 0.25) is 0 Å². The first kappa shape index (κ1) is 22.5. The molecule has 0 fully saturated rings. The summed E-state index contributed by atoms with van der Waals surface area (Å²) in [5.74, 6) is 0.576. The maximum atomic E-state index is 13.2. The molecule has 3 rings (SSSR count). The molecule has 6 nitrogen and oxygen atoms in total. The van der Waals surface area contributed by atoms with E-state index in [0.717, 1.165) is 28.1 Å². The molecule has 0 bridgehead atoms. The summed E-state index contributed by atoms with van der Waals surface area (Å²) in [5, 5.41) is 0.559. The predicted octanol–water partition coefficient (Wildman–Crippen LogP) is 4.03. The molecule has 2 heterocycles. The van der Waals surface area contributed by atoms with Gasteiger partial charge in [-0.1, -0.05) is 6.07 Å². The number of aryl methyl sites for hydroxylation is 3. The Morgan fingerprint density at radius 1 is 1.13 bits per heavy atom. The van der Waals surface area contributed by atoms with E-state index in [1.807, 2.05) is 72.7 Å². The summed E-state index contributed by atoms with van der Waals surface area (Å²) in [6.07, 6.45) is 0. The van der Waals surface area contributed by atoms with Crippen molar-refractivity contribution in [2.24, 2.45) is 7.05 Å². The second kappa shape index (κ2) is 8.13. The molecule has 3 aromatic rings. The Bertz CT molecular complexity index is 1160. The van der Waals surface area contributed by atoms with Crippen LogP contribution in [0.25, 0.3) is 22.3 Å². The average Bonchev–Trinajstić information content (AvgIpc) is 2.64. The Morgan fingerprint density at radius 2 is 1.80 bits per heavy atom. The van der Waals surface area contributed by atoms with Crippen LogP contribution in [-0.4, -0.2) is 23.8 Å². The summed E-state index contributed by atoms with van der Waals surface area (Å²) < 4.78 is 17.0. The van der Waals surface area contributed by atoms with Crippen molar-refractivity contribution < 1.29 is 4.55 Å². The first-order valence-electron chi connectivity index (χ1n) is 10.0. The smallest absolute Gasteiger partial charge is 0.261 e. The highest BCUT2D eigenvalue weighted by atomic mass is 32.2. The topological polar surface area (TPSA) is 82.9 Å². The summed E-state index contributed by atoms with van der Waals surface area (Å²) >= 11 is -1.25. The minimum Gasteiger partial charge on any atom is -0.598 e. The lowest BCUT2D eigenvalue weighted by Crippen LogP contribution is -2.40. The van der Waals surface area contributed by atoms with Crippen LogP contribution < -0.4 is 10.3 Å². The molecular weight excluding hydrogens is 396 g/mol. The molecule has 7 heteroatoms. The molecule has 1 aromatic carbocycles. The van der Waals surface area contributed by atoms with Gasteiger partial charge in [0.25, 0.3) is 5.56 Å². The van der Waals surface area contributed by atoms with E-state index in [9.17, 15) is 9.35 Å². The van der Waals surface area contributed by atoms with Gasteiger partial charge in [-0.25, -0.2) is 4.98 Å². The molecule has 2 atom stereocenters. The van der Waals surface area contributed by atoms with E-state index >= 15 is 0 Å². The minimum absolute atomic E-state index is 0.107. The third-order valence-corrected chi connectivity index (χ3v) is 6.81. The second-order valence-corrected chi connectivity index (χ2v) is 10.9. The normalized spacial score (nSPS) is 14.2. The summed E-state index contributed by atoms with van der Waals surface area (Å²) in [7, 11) is 1.74. The number of nitrogens with zero attached hydrogens (tertiary/aromatic N) is 3. The average molecular weight is 427 g/mol. The van der Waals surface area contributed by atoms with Gasteiger partial charge in [0.2, 0.25) is 0 Å². The van der Waals surface area contributed by atoms with Crippen LogP contribution >= 0.6 is 0 Å². The molecule has 0 saturated carbocycles. The zero-order chi connectivity index (χ0) is 22.4. The monoisotopic (exact) mass is 426 g/mol. The largest absolute Gasteiger partial charge is 0.598 e. The molecule has 160 valence electrons. The van der Waals surface area contributed by atoms with Crippen molar-refractivity contribution in [1.29, 1.82) is 0 Å². The molecule has 0 unspecified atom stereocenters. The van der Waals surface area contributed by atoms with Crippen molar-refractivity contribution >= 4 is 22.3 Å². The van der Waals surface area contributed by atoms with Crippen LogP contribution in [0.3, 0.4) is 0 Å². The number of benzene rings is 1. The van der Waals surface area contributed by atoms with Crippen molar-refractivity contribution in [1.82, 2.24) is 19.3 Å². The Kier molecular flexibility index (Phi) is 6.09. The van der Waals surface area contributed by atoms with E-state index in [1.54, 1.807) is 11.6 Å². The number of fused-ring (bicyclic) bond motifs is 1. The van der Waals surface area contributed by atoms with Gasteiger partial charge in [0.15, 0.2) is 0 Å². The second-order valence-electron chi connectivity index (χ2n) is 8.86. The van der Waals surface area contributed by atoms with Crippen LogP contribution in [0, 0.1) is 20.8 Å². The van der Waals surface area contributed by atoms with Crippen LogP contribution in [-0.2, 0) is 18.4 Å². The summed E-state index contributed by atoms with van der Waals surface area (Å²) in [5.41, 5.74) is 4.92. The van der Waals surface area contributed by atoms with Gasteiger partial charge in [-0.05, 0) is 72.2 Å². The van der Waals surface area contributed by atoms with E-state index < -0.39 is 16.1 Å². The fourth-order valence-electron chi connectivity index (χ4n) is 3.45. The third kappa shape index (κ3) is 4.29. The molecule has 0 aliphatic heterocycles. The van der Waals surface area contributed by atoms with Crippen LogP contribution in [0.1, 0.15) is 56.3 Å². The van der Waals surface area contributed by atoms with Gasteiger partial charge >= 0.3 is 0 Å². The zero-order valence-corrected chi connectivity index (χ0v) is 19.8.